The average Bonchev–Trinajstić information content (AvgIpc) is 3.19. The Bertz CT molecular complexity index is 388. The first-order valence-electron chi connectivity index (χ1n) is 7.04. The Kier molecular flexibility index (Phi) is 3.37. The van der Waals surface area contributed by atoms with Gasteiger partial charge in [-0.05, 0) is 24.8 Å². The molecular formula is C15H23N3. The van der Waals surface area contributed by atoms with Crippen LogP contribution in [0.25, 0.3) is 0 Å². The normalized spacial score (nSPS) is 28.7. The fraction of sp³-hybridized carbons (Fsp3) is 0.600. The van der Waals surface area contributed by atoms with Crippen molar-refractivity contribution < 1.29 is 0 Å². The highest BCUT2D eigenvalue weighted by atomic mass is 15.3. The number of hydrogen-bond acceptors (Lipinski definition) is 3. The van der Waals surface area contributed by atoms with Crippen molar-refractivity contribution in [3.63, 3.8) is 0 Å². The summed E-state index contributed by atoms with van der Waals surface area (Å²) >= 11 is 0. The zero-order chi connectivity index (χ0) is 12.4. The van der Waals surface area contributed by atoms with Crippen molar-refractivity contribution in [2.45, 2.75) is 37.4 Å². The van der Waals surface area contributed by atoms with Gasteiger partial charge in [-0.25, -0.2) is 0 Å². The van der Waals surface area contributed by atoms with E-state index < -0.39 is 0 Å². The standard InChI is InChI=1S/C15H23N3/c16-11-15(8-9-18(12-15)14-6-7-14)17-10-13-4-2-1-3-5-13/h1-5,14,17H,6-12,16H2. The maximum atomic E-state index is 6.03. The van der Waals surface area contributed by atoms with Crippen molar-refractivity contribution in [1.82, 2.24) is 10.2 Å². The Balaban J connectivity index is 1.59. The van der Waals surface area contributed by atoms with Crippen molar-refractivity contribution in [2.24, 2.45) is 5.73 Å². The summed E-state index contributed by atoms with van der Waals surface area (Å²) in [6, 6.07) is 11.5. The van der Waals surface area contributed by atoms with E-state index in [-0.39, 0.29) is 5.54 Å². The second-order valence-corrected chi connectivity index (χ2v) is 5.78. The molecule has 98 valence electrons. The minimum absolute atomic E-state index is 0.137. The number of hydrogen-bond donors (Lipinski definition) is 2. The van der Waals surface area contributed by atoms with Crippen molar-refractivity contribution in [1.29, 1.82) is 0 Å². The molecule has 0 spiro atoms. The third-order valence-corrected chi connectivity index (χ3v) is 4.35. The molecule has 1 aromatic carbocycles. The Morgan fingerprint density at radius 3 is 2.72 bits per heavy atom. The highest BCUT2D eigenvalue weighted by Gasteiger charge is 2.41. The molecule has 1 aliphatic carbocycles. The van der Waals surface area contributed by atoms with Crippen molar-refractivity contribution in [3.8, 4) is 0 Å². The van der Waals surface area contributed by atoms with E-state index in [0.717, 1.165) is 25.7 Å². The van der Waals surface area contributed by atoms with Crippen LogP contribution in [0, 0.1) is 0 Å². The van der Waals surface area contributed by atoms with E-state index in [1.807, 2.05) is 0 Å². The highest BCUT2D eigenvalue weighted by Crippen LogP contribution is 2.33. The SMILES string of the molecule is NCC1(NCc2ccccc2)CCN(C2CC2)C1. The monoisotopic (exact) mass is 245 g/mol. The Morgan fingerprint density at radius 1 is 1.28 bits per heavy atom. The van der Waals surface area contributed by atoms with Gasteiger partial charge in [0.05, 0.1) is 0 Å². The third-order valence-electron chi connectivity index (χ3n) is 4.35. The van der Waals surface area contributed by atoms with Crippen molar-refractivity contribution in [2.75, 3.05) is 19.6 Å². The average molecular weight is 245 g/mol. The molecule has 3 rings (SSSR count). The third kappa shape index (κ3) is 2.58. The minimum Gasteiger partial charge on any atom is -0.329 e. The number of likely N-dealkylation sites (tertiary alicyclic amines) is 1. The fourth-order valence-corrected chi connectivity index (χ4v) is 2.92. The number of nitrogens with zero attached hydrogens (tertiary/aromatic N) is 1. The van der Waals surface area contributed by atoms with Gasteiger partial charge in [0.25, 0.3) is 0 Å². The van der Waals surface area contributed by atoms with E-state index >= 15 is 0 Å². The molecule has 1 heterocycles. The van der Waals surface area contributed by atoms with Gasteiger partial charge in [-0.2, -0.15) is 0 Å². The summed E-state index contributed by atoms with van der Waals surface area (Å²) in [5, 5.41) is 3.71. The van der Waals surface area contributed by atoms with Gasteiger partial charge in [0, 0.05) is 37.8 Å². The molecule has 0 radical (unpaired) electrons. The molecule has 3 nitrogen and oxygen atoms in total. The van der Waals surface area contributed by atoms with E-state index in [1.165, 1.54) is 31.4 Å². The first-order valence-corrected chi connectivity index (χ1v) is 7.04. The van der Waals surface area contributed by atoms with E-state index in [9.17, 15) is 0 Å². The molecule has 1 unspecified atom stereocenters. The van der Waals surface area contributed by atoms with E-state index in [0.29, 0.717) is 0 Å². The molecule has 2 fully saturated rings. The van der Waals surface area contributed by atoms with Crippen LogP contribution in [0.3, 0.4) is 0 Å². The van der Waals surface area contributed by atoms with Crippen molar-refractivity contribution in [3.05, 3.63) is 35.9 Å². The first-order chi connectivity index (χ1) is 8.81. The lowest BCUT2D eigenvalue weighted by Gasteiger charge is -2.29. The maximum absolute atomic E-state index is 6.03. The van der Waals surface area contributed by atoms with Gasteiger partial charge in [-0.1, -0.05) is 30.3 Å². The predicted molar refractivity (Wildman–Crippen MR) is 74.3 cm³/mol. The maximum Gasteiger partial charge on any atom is 0.0447 e. The van der Waals surface area contributed by atoms with Crippen LogP contribution in [0.1, 0.15) is 24.8 Å². The molecule has 0 bridgehead atoms. The van der Waals surface area contributed by atoms with Crippen LogP contribution < -0.4 is 11.1 Å². The summed E-state index contributed by atoms with van der Waals surface area (Å²) in [5.74, 6) is 0. The van der Waals surface area contributed by atoms with Crippen LogP contribution in [0.2, 0.25) is 0 Å². The molecule has 18 heavy (non-hydrogen) atoms. The van der Waals surface area contributed by atoms with Gasteiger partial charge in [0.2, 0.25) is 0 Å². The topological polar surface area (TPSA) is 41.3 Å². The molecular weight excluding hydrogens is 222 g/mol. The fourth-order valence-electron chi connectivity index (χ4n) is 2.92. The van der Waals surface area contributed by atoms with E-state index in [1.54, 1.807) is 0 Å². The van der Waals surface area contributed by atoms with Crippen LogP contribution >= 0.6 is 0 Å². The van der Waals surface area contributed by atoms with Crippen molar-refractivity contribution >= 4 is 0 Å². The zero-order valence-corrected chi connectivity index (χ0v) is 10.9. The molecule has 1 atom stereocenters. The molecule has 3 N–H and O–H groups in total. The second-order valence-electron chi connectivity index (χ2n) is 5.78. The lowest BCUT2D eigenvalue weighted by Crippen LogP contribution is -2.52. The Morgan fingerprint density at radius 2 is 2.06 bits per heavy atom. The summed E-state index contributed by atoms with van der Waals surface area (Å²) < 4.78 is 0. The predicted octanol–water partition coefficient (Wildman–Crippen LogP) is 1.34. The van der Waals surface area contributed by atoms with Gasteiger partial charge < -0.3 is 11.1 Å². The minimum atomic E-state index is 0.137. The number of benzene rings is 1. The molecule has 0 amide bonds. The van der Waals surface area contributed by atoms with Gasteiger partial charge in [0.15, 0.2) is 0 Å². The van der Waals surface area contributed by atoms with Gasteiger partial charge >= 0.3 is 0 Å². The highest BCUT2D eigenvalue weighted by molar-refractivity contribution is 5.15. The molecule has 1 aliphatic heterocycles. The first kappa shape index (κ1) is 12.2. The largest absolute Gasteiger partial charge is 0.329 e. The smallest absolute Gasteiger partial charge is 0.0447 e. The lowest BCUT2D eigenvalue weighted by atomic mass is 9.98. The second kappa shape index (κ2) is 5.00. The number of rotatable bonds is 5. The summed E-state index contributed by atoms with van der Waals surface area (Å²) in [5.41, 5.74) is 7.51. The Hall–Kier alpha value is -0.900. The number of nitrogens with one attached hydrogen (secondary N) is 1. The summed E-state index contributed by atoms with van der Waals surface area (Å²) in [6.07, 6.45) is 3.96. The van der Waals surface area contributed by atoms with Crippen LogP contribution in [0.4, 0.5) is 0 Å². The van der Waals surface area contributed by atoms with Crippen LogP contribution in [0.15, 0.2) is 30.3 Å². The van der Waals surface area contributed by atoms with Gasteiger partial charge in [-0.15, -0.1) is 0 Å². The van der Waals surface area contributed by atoms with Crippen LogP contribution in [-0.4, -0.2) is 36.1 Å². The van der Waals surface area contributed by atoms with Gasteiger partial charge in [0.1, 0.15) is 0 Å². The van der Waals surface area contributed by atoms with E-state index in [2.05, 4.69) is 40.5 Å². The van der Waals surface area contributed by atoms with Gasteiger partial charge in [-0.3, -0.25) is 4.90 Å². The summed E-state index contributed by atoms with van der Waals surface area (Å²) in [7, 11) is 0. The molecule has 2 aliphatic rings. The molecule has 1 saturated carbocycles. The van der Waals surface area contributed by atoms with E-state index in [4.69, 9.17) is 5.73 Å². The molecule has 0 aromatic heterocycles. The Labute approximate surface area is 109 Å². The molecule has 3 heteroatoms. The lowest BCUT2D eigenvalue weighted by molar-refractivity contribution is 0.275. The zero-order valence-electron chi connectivity index (χ0n) is 10.9. The molecule has 1 aromatic rings. The van der Waals surface area contributed by atoms with Crippen LogP contribution in [0.5, 0.6) is 0 Å². The quantitative estimate of drug-likeness (QED) is 0.822. The number of nitrogens with two attached hydrogens (primary N) is 1. The summed E-state index contributed by atoms with van der Waals surface area (Å²) in [4.78, 5) is 2.62. The van der Waals surface area contributed by atoms with Crippen LogP contribution in [-0.2, 0) is 6.54 Å². The summed E-state index contributed by atoms with van der Waals surface area (Å²) in [6.45, 7) is 4.00. The molecule has 1 saturated heterocycles.